The van der Waals surface area contributed by atoms with E-state index in [4.69, 9.17) is 0 Å². The molecular weight excluding hydrogens is 200 g/mol. The lowest BCUT2D eigenvalue weighted by atomic mass is 10.1. The molecule has 0 saturated carbocycles. The molecule has 0 fully saturated rings. The molecule has 14 heavy (non-hydrogen) atoms. The zero-order valence-corrected chi connectivity index (χ0v) is 10.2. The van der Waals surface area contributed by atoms with Gasteiger partial charge >= 0.3 is 0 Å². The summed E-state index contributed by atoms with van der Waals surface area (Å²) < 4.78 is 23.0. The fourth-order valence-corrected chi connectivity index (χ4v) is 2.98. The van der Waals surface area contributed by atoms with Crippen LogP contribution in [0.1, 0.15) is 34.1 Å². The summed E-state index contributed by atoms with van der Waals surface area (Å²) in [7, 11) is -3.19. The van der Waals surface area contributed by atoms with Crippen LogP contribution in [0, 0.1) is 11.8 Å². The van der Waals surface area contributed by atoms with Gasteiger partial charge in [-0.1, -0.05) is 34.1 Å². The SMILES string of the molecule is CCC(C)CS(=O)(=O)CC(=O)C(C)C. The summed E-state index contributed by atoms with van der Waals surface area (Å²) >= 11 is 0. The van der Waals surface area contributed by atoms with Crippen LogP contribution in [0.5, 0.6) is 0 Å². The Balaban J connectivity index is 4.29. The standard InChI is InChI=1S/C10H20O3S/c1-5-9(4)6-14(12,13)7-10(11)8(2)3/h8-9H,5-7H2,1-4H3. The van der Waals surface area contributed by atoms with Crippen LogP contribution in [0.4, 0.5) is 0 Å². The summed E-state index contributed by atoms with van der Waals surface area (Å²) in [4.78, 5) is 11.2. The van der Waals surface area contributed by atoms with E-state index in [1.54, 1.807) is 13.8 Å². The second kappa shape index (κ2) is 5.49. The van der Waals surface area contributed by atoms with E-state index in [0.717, 1.165) is 6.42 Å². The highest BCUT2D eigenvalue weighted by Crippen LogP contribution is 2.07. The van der Waals surface area contributed by atoms with Crippen molar-refractivity contribution in [3.63, 3.8) is 0 Å². The van der Waals surface area contributed by atoms with Gasteiger partial charge in [-0.25, -0.2) is 8.42 Å². The maximum Gasteiger partial charge on any atom is 0.157 e. The normalized spacial score (nSPS) is 14.4. The molecule has 0 aliphatic rings. The van der Waals surface area contributed by atoms with Crippen LogP contribution in [-0.4, -0.2) is 25.7 Å². The topological polar surface area (TPSA) is 51.2 Å². The summed E-state index contributed by atoms with van der Waals surface area (Å²) in [6, 6.07) is 0. The van der Waals surface area contributed by atoms with Gasteiger partial charge in [-0.05, 0) is 5.92 Å². The highest BCUT2D eigenvalue weighted by atomic mass is 32.2. The van der Waals surface area contributed by atoms with Crippen LogP contribution in [0.2, 0.25) is 0 Å². The summed E-state index contributed by atoms with van der Waals surface area (Å²) in [5.74, 6) is -0.410. The van der Waals surface area contributed by atoms with Crippen molar-refractivity contribution < 1.29 is 13.2 Å². The van der Waals surface area contributed by atoms with E-state index >= 15 is 0 Å². The van der Waals surface area contributed by atoms with Gasteiger partial charge in [0.25, 0.3) is 0 Å². The fourth-order valence-electron chi connectivity index (χ4n) is 0.994. The average Bonchev–Trinajstić information content (AvgIpc) is 2.02. The average molecular weight is 220 g/mol. The predicted octanol–water partition coefficient (Wildman–Crippen LogP) is 1.67. The molecule has 0 saturated heterocycles. The van der Waals surface area contributed by atoms with Gasteiger partial charge in [0.05, 0.1) is 5.75 Å². The quantitative estimate of drug-likeness (QED) is 0.684. The van der Waals surface area contributed by atoms with Crippen LogP contribution in [0.25, 0.3) is 0 Å². The lowest BCUT2D eigenvalue weighted by molar-refractivity contribution is -0.119. The van der Waals surface area contributed by atoms with Crippen molar-refractivity contribution in [1.29, 1.82) is 0 Å². The molecular formula is C10H20O3S. The van der Waals surface area contributed by atoms with E-state index in [1.165, 1.54) is 0 Å². The number of ketones is 1. The molecule has 0 rings (SSSR count). The molecule has 0 heterocycles. The third kappa shape index (κ3) is 5.37. The Morgan fingerprint density at radius 2 is 1.71 bits per heavy atom. The van der Waals surface area contributed by atoms with Gasteiger partial charge in [-0.3, -0.25) is 4.79 Å². The first-order chi connectivity index (χ1) is 6.28. The van der Waals surface area contributed by atoms with Crippen LogP contribution in [0.15, 0.2) is 0 Å². The van der Waals surface area contributed by atoms with E-state index in [9.17, 15) is 13.2 Å². The summed E-state index contributed by atoms with van der Waals surface area (Å²) in [6.45, 7) is 7.28. The largest absolute Gasteiger partial charge is 0.298 e. The lowest BCUT2D eigenvalue weighted by Crippen LogP contribution is -2.24. The van der Waals surface area contributed by atoms with Crippen molar-refractivity contribution >= 4 is 15.6 Å². The van der Waals surface area contributed by atoms with E-state index in [1.807, 2.05) is 13.8 Å². The molecule has 0 aromatic heterocycles. The predicted molar refractivity (Wildman–Crippen MR) is 58.0 cm³/mol. The van der Waals surface area contributed by atoms with E-state index < -0.39 is 9.84 Å². The molecule has 3 nitrogen and oxygen atoms in total. The Hall–Kier alpha value is -0.380. The van der Waals surface area contributed by atoms with Gasteiger partial charge in [0.15, 0.2) is 9.84 Å². The van der Waals surface area contributed by atoms with Gasteiger partial charge in [-0.15, -0.1) is 0 Å². The molecule has 4 heteroatoms. The first kappa shape index (κ1) is 13.6. The molecule has 84 valence electrons. The minimum atomic E-state index is -3.19. The Morgan fingerprint density at radius 1 is 1.21 bits per heavy atom. The molecule has 1 atom stereocenters. The van der Waals surface area contributed by atoms with Crippen molar-refractivity contribution in [3.05, 3.63) is 0 Å². The number of hydrogen-bond acceptors (Lipinski definition) is 3. The molecule has 0 bridgehead atoms. The van der Waals surface area contributed by atoms with Gasteiger partial charge < -0.3 is 0 Å². The molecule has 1 unspecified atom stereocenters. The van der Waals surface area contributed by atoms with Crippen molar-refractivity contribution in [2.45, 2.75) is 34.1 Å². The molecule has 0 radical (unpaired) electrons. The smallest absolute Gasteiger partial charge is 0.157 e. The van der Waals surface area contributed by atoms with Gasteiger partial charge in [0, 0.05) is 5.92 Å². The summed E-state index contributed by atoms with van der Waals surface area (Å²) in [6.07, 6.45) is 0.828. The van der Waals surface area contributed by atoms with Crippen LogP contribution < -0.4 is 0 Å². The maximum atomic E-state index is 11.5. The maximum absolute atomic E-state index is 11.5. The monoisotopic (exact) mass is 220 g/mol. The Labute approximate surface area is 86.8 Å². The van der Waals surface area contributed by atoms with E-state index in [2.05, 4.69) is 0 Å². The van der Waals surface area contributed by atoms with E-state index in [-0.39, 0.29) is 29.1 Å². The van der Waals surface area contributed by atoms with Gasteiger partial charge in [0.1, 0.15) is 11.5 Å². The van der Waals surface area contributed by atoms with Crippen molar-refractivity contribution in [2.75, 3.05) is 11.5 Å². The molecule has 0 spiro atoms. The third-order valence-corrected chi connectivity index (χ3v) is 4.04. The number of sulfone groups is 1. The molecule has 0 aliphatic heterocycles. The van der Waals surface area contributed by atoms with Gasteiger partial charge in [0.2, 0.25) is 0 Å². The fraction of sp³-hybridized carbons (Fsp3) is 0.900. The first-order valence-corrected chi connectivity index (χ1v) is 6.83. The van der Waals surface area contributed by atoms with Crippen LogP contribution in [-0.2, 0) is 14.6 Å². The van der Waals surface area contributed by atoms with Crippen molar-refractivity contribution in [1.82, 2.24) is 0 Å². The molecule has 0 N–H and O–H groups in total. The molecule has 0 aliphatic carbocycles. The number of carbonyl (C=O) groups is 1. The molecule has 0 aromatic carbocycles. The number of rotatable bonds is 6. The minimum Gasteiger partial charge on any atom is -0.298 e. The zero-order valence-electron chi connectivity index (χ0n) is 9.41. The van der Waals surface area contributed by atoms with Crippen molar-refractivity contribution in [3.8, 4) is 0 Å². The zero-order chi connectivity index (χ0) is 11.4. The number of hydrogen-bond donors (Lipinski definition) is 0. The Bertz CT molecular complexity index is 278. The highest BCUT2D eigenvalue weighted by molar-refractivity contribution is 7.92. The second-order valence-electron chi connectivity index (χ2n) is 4.19. The third-order valence-electron chi connectivity index (χ3n) is 2.24. The number of carbonyl (C=O) groups excluding carboxylic acids is 1. The highest BCUT2D eigenvalue weighted by Gasteiger charge is 2.20. The lowest BCUT2D eigenvalue weighted by Gasteiger charge is -2.09. The van der Waals surface area contributed by atoms with Gasteiger partial charge in [-0.2, -0.15) is 0 Å². The van der Waals surface area contributed by atoms with E-state index in [0.29, 0.717) is 0 Å². The van der Waals surface area contributed by atoms with Crippen LogP contribution >= 0.6 is 0 Å². The molecule has 0 aromatic rings. The first-order valence-electron chi connectivity index (χ1n) is 5.01. The summed E-state index contributed by atoms with van der Waals surface area (Å²) in [5, 5.41) is 0. The second-order valence-corrected chi connectivity index (χ2v) is 6.30. The Kier molecular flexibility index (Phi) is 5.34. The van der Waals surface area contributed by atoms with Crippen molar-refractivity contribution in [2.24, 2.45) is 11.8 Å². The van der Waals surface area contributed by atoms with Crippen LogP contribution in [0.3, 0.4) is 0 Å². The Morgan fingerprint density at radius 3 is 2.07 bits per heavy atom. The number of Topliss-reactive ketones (excluding diaryl/α,β-unsaturated/α-hetero) is 1. The minimum absolute atomic E-state index is 0.127. The molecule has 0 amide bonds. The summed E-state index contributed by atoms with van der Waals surface area (Å²) in [5.41, 5.74) is 0.